The molecule has 6 heteroatoms. The minimum absolute atomic E-state index is 0.133. The Morgan fingerprint density at radius 3 is 2.33 bits per heavy atom. The van der Waals surface area contributed by atoms with Crippen LogP contribution in [-0.4, -0.2) is 43.9 Å². The van der Waals surface area contributed by atoms with Crippen LogP contribution in [0, 0.1) is 27.7 Å². The number of nitrogens with zero attached hydrogens (tertiary/aromatic N) is 2. The number of hydrogen-bond donors (Lipinski definition) is 1. The van der Waals surface area contributed by atoms with E-state index in [1.807, 2.05) is 32.0 Å². The topological polar surface area (TPSA) is 55.7 Å². The lowest BCUT2D eigenvalue weighted by atomic mass is 10.1. The van der Waals surface area contributed by atoms with E-state index in [4.69, 9.17) is 9.47 Å². The van der Waals surface area contributed by atoms with Gasteiger partial charge in [0.05, 0.1) is 31.7 Å². The maximum atomic E-state index is 13.7. The average molecular weight is 448 g/mol. The number of nitrogens with one attached hydrogen (secondary N) is 1. The van der Waals surface area contributed by atoms with Gasteiger partial charge in [-0.25, -0.2) is 0 Å². The van der Waals surface area contributed by atoms with Gasteiger partial charge in [0.2, 0.25) is 0 Å². The molecule has 2 heterocycles. The Kier molecular flexibility index (Phi) is 6.75. The zero-order valence-corrected chi connectivity index (χ0v) is 20.2. The fraction of sp³-hybridized carbons (Fsp3) is 0.370. The summed E-state index contributed by atoms with van der Waals surface area (Å²) in [6, 6.07) is 14.3. The molecule has 1 aliphatic heterocycles. The van der Waals surface area contributed by atoms with Crippen molar-refractivity contribution in [2.45, 2.75) is 34.2 Å². The maximum absolute atomic E-state index is 13.7. The van der Waals surface area contributed by atoms with E-state index in [-0.39, 0.29) is 5.91 Å². The molecule has 0 unspecified atom stereocenters. The van der Waals surface area contributed by atoms with Gasteiger partial charge >= 0.3 is 0 Å². The van der Waals surface area contributed by atoms with Crippen LogP contribution in [-0.2, 0) is 11.3 Å². The monoisotopic (exact) mass is 447 g/mol. The molecule has 1 saturated heterocycles. The fourth-order valence-electron chi connectivity index (χ4n) is 4.60. The summed E-state index contributed by atoms with van der Waals surface area (Å²) in [5.74, 6) is 0.513. The van der Waals surface area contributed by atoms with Crippen molar-refractivity contribution in [2.24, 2.45) is 0 Å². The lowest BCUT2D eigenvalue weighted by Gasteiger charge is -2.29. The molecule has 0 atom stereocenters. The predicted molar refractivity (Wildman–Crippen MR) is 133 cm³/mol. The number of aromatic nitrogens is 1. The van der Waals surface area contributed by atoms with Crippen LogP contribution in [0.5, 0.6) is 5.75 Å². The van der Waals surface area contributed by atoms with E-state index in [2.05, 4.69) is 52.9 Å². The van der Waals surface area contributed by atoms with Gasteiger partial charge in [0.15, 0.2) is 0 Å². The van der Waals surface area contributed by atoms with Crippen molar-refractivity contribution in [3.63, 3.8) is 0 Å². The van der Waals surface area contributed by atoms with Gasteiger partial charge in [0.25, 0.3) is 5.91 Å². The van der Waals surface area contributed by atoms with E-state index >= 15 is 0 Å². The second kappa shape index (κ2) is 9.71. The first kappa shape index (κ1) is 22.9. The van der Waals surface area contributed by atoms with E-state index in [9.17, 15) is 4.79 Å². The summed E-state index contributed by atoms with van der Waals surface area (Å²) >= 11 is 0. The van der Waals surface area contributed by atoms with E-state index in [0.717, 1.165) is 41.2 Å². The molecular formula is C27H33N3O3. The quantitative estimate of drug-likeness (QED) is 0.586. The van der Waals surface area contributed by atoms with Crippen LogP contribution >= 0.6 is 0 Å². The number of methoxy groups -OCH3 is 1. The Bertz CT molecular complexity index is 1140. The molecule has 0 bridgehead atoms. The summed E-state index contributed by atoms with van der Waals surface area (Å²) in [7, 11) is 1.62. The number of hydrogen-bond acceptors (Lipinski definition) is 4. The third-order valence-electron chi connectivity index (χ3n) is 6.33. The highest BCUT2D eigenvalue weighted by Crippen LogP contribution is 2.34. The summed E-state index contributed by atoms with van der Waals surface area (Å²) in [6.07, 6.45) is 0. The fourth-order valence-corrected chi connectivity index (χ4v) is 4.60. The van der Waals surface area contributed by atoms with Crippen molar-refractivity contribution < 1.29 is 14.3 Å². The molecular weight excluding hydrogens is 414 g/mol. The Labute approximate surface area is 196 Å². The highest BCUT2D eigenvalue weighted by Gasteiger charge is 2.27. The Hall–Kier alpha value is -3.25. The minimum atomic E-state index is -0.133. The number of benzene rings is 2. The van der Waals surface area contributed by atoms with E-state index in [1.54, 1.807) is 7.11 Å². The Balaban J connectivity index is 1.77. The zero-order valence-electron chi connectivity index (χ0n) is 20.2. The van der Waals surface area contributed by atoms with Crippen molar-refractivity contribution in [3.8, 4) is 5.75 Å². The zero-order chi connectivity index (χ0) is 23.5. The first-order chi connectivity index (χ1) is 15.9. The molecule has 174 valence electrons. The molecule has 2 aromatic carbocycles. The minimum Gasteiger partial charge on any atom is -0.495 e. The number of aryl methyl sites for hydroxylation is 2. The van der Waals surface area contributed by atoms with Crippen molar-refractivity contribution in [2.75, 3.05) is 43.6 Å². The maximum Gasteiger partial charge on any atom is 0.272 e. The largest absolute Gasteiger partial charge is 0.495 e. The molecule has 0 aliphatic carbocycles. The van der Waals surface area contributed by atoms with Gasteiger partial charge in [-0.2, -0.15) is 0 Å². The number of amides is 1. The molecule has 1 fully saturated rings. The van der Waals surface area contributed by atoms with Crippen molar-refractivity contribution >= 4 is 17.3 Å². The summed E-state index contributed by atoms with van der Waals surface area (Å²) in [5.41, 5.74) is 8.01. The lowest BCUT2D eigenvalue weighted by Crippen LogP contribution is -2.36. The highest BCUT2D eigenvalue weighted by atomic mass is 16.5. The van der Waals surface area contributed by atoms with Crippen molar-refractivity contribution in [3.05, 3.63) is 76.1 Å². The molecule has 3 aromatic rings. The van der Waals surface area contributed by atoms with Gasteiger partial charge in [-0.05, 0) is 51.0 Å². The van der Waals surface area contributed by atoms with Gasteiger partial charge < -0.3 is 24.3 Å². The summed E-state index contributed by atoms with van der Waals surface area (Å²) in [6.45, 7) is 11.9. The van der Waals surface area contributed by atoms with E-state index in [1.165, 1.54) is 5.56 Å². The SMILES string of the molecule is COc1ccc(C)cc1NC(=O)c1c(C)c(N2CCOCC2)c(C)n1Cc1ccc(C)cc1. The van der Waals surface area contributed by atoms with Crippen molar-refractivity contribution in [1.29, 1.82) is 0 Å². The number of carbonyl (C=O) groups is 1. The normalized spacial score (nSPS) is 13.8. The number of morpholine rings is 1. The smallest absolute Gasteiger partial charge is 0.272 e. The van der Waals surface area contributed by atoms with Crippen LogP contribution < -0.4 is 15.0 Å². The van der Waals surface area contributed by atoms with Crippen LogP contribution in [0.2, 0.25) is 0 Å². The third kappa shape index (κ3) is 4.76. The second-order valence-corrected chi connectivity index (χ2v) is 8.74. The summed E-state index contributed by atoms with van der Waals surface area (Å²) in [5, 5.41) is 3.11. The molecule has 1 aliphatic rings. The number of carbonyl (C=O) groups excluding carboxylic acids is 1. The second-order valence-electron chi connectivity index (χ2n) is 8.74. The van der Waals surface area contributed by atoms with Crippen molar-refractivity contribution in [1.82, 2.24) is 4.57 Å². The molecule has 1 N–H and O–H groups in total. The van der Waals surface area contributed by atoms with Crippen LogP contribution in [0.3, 0.4) is 0 Å². The lowest BCUT2D eigenvalue weighted by molar-refractivity contribution is 0.101. The van der Waals surface area contributed by atoms with Crippen LogP contribution in [0.4, 0.5) is 11.4 Å². The van der Waals surface area contributed by atoms with Gasteiger partial charge in [-0.3, -0.25) is 4.79 Å². The summed E-state index contributed by atoms with van der Waals surface area (Å²) in [4.78, 5) is 16.0. The Morgan fingerprint density at radius 2 is 1.67 bits per heavy atom. The standard InChI is InChI=1S/C27H33N3O3/c1-18-6-9-22(10-7-18)17-30-21(4)25(29-12-14-33-15-13-29)20(3)26(30)27(31)28-23-16-19(2)8-11-24(23)32-5/h6-11,16H,12-15,17H2,1-5H3,(H,28,31). The van der Waals surface area contributed by atoms with E-state index < -0.39 is 0 Å². The predicted octanol–water partition coefficient (Wildman–Crippen LogP) is 4.87. The van der Waals surface area contributed by atoms with Crippen LogP contribution in [0.15, 0.2) is 42.5 Å². The number of ether oxygens (including phenoxy) is 2. The van der Waals surface area contributed by atoms with Crippen LogP contribution in [0.1, 0.15) is 38.4 Å². The number of anilines is 2. The van der Waals surface area contributed by atoms with Crippen LogP contribution in [0.25, 0.3) is 0 Å². The molecule has 0 saturated carbocycles. The molecule has 33 heavy (non-hydrogen) atoms. The molecule has 6 nitrogen and oxygen atoms in total. The third-order valence-corrected chi connectivity index (χ3v) is 6.33. The molecule has 0 radical (unpaired) electrons. The molecule has 4 rings (SSSR count). The first-order valence-corrected chi connectivity index (χ1v) is 11.4. The van der Waals surface area contributed by atoms with Gasteiger partial charge in [0, 0.05) is 30.9 Å². The first-order valence-electron chi connectivity index (χ1n) is 11.4. The number of rotatable bonds is 6. The molecule has 1 aromatic heterocycles. The average Bonchev–Trinajstić information content (AvgIpc) is 3.05. The summed E-state index contributed by atoms with van der Waals surface area (Å²) < 4.78 is 13.2. The van der Waals surface area contributed by atoms with Gasteiger partial charge in [-0.1, -0.05) is 35.9 Å². The highest BCUT2D eigenvalue weighted by molar-refractivity contribution is 6.06. The molecule has 0 spiro atoms. The Morgan fingerprint density at radius 1 is 1.00 bits per heavy atom. The molecule has 1 amide bonds. The van der Waals surface area contributed by atoms with E-state index in [0.29, 0.717) is 36.9 Å². The van der Waals surface area contributed by atoms with Gasteiger partial charge in [0.1, 0.15) is 11.4 Å². The van der Waals surface area contributed by atoms with Gasteiger partial charge in [-0.15, -0.1) is 0 Å².